The van der Waals surface area contributed by atoms with Crippen LogP contribution in [0.4, 0.5) is 0 Å². The Morgan fingerprint density at radius 3 is 3.00 bits per heavy atom. The number of nitrogens with two attached hydrogens (primary N) is 1. The molecular formula is C11H15NO. The fourth-order valence-electron chi connectivity index (χ4n) is 2.07. The Morgan fingerprint density at radius 1 is 1.54 bits per heavy atom. The number of hydrogen-bond donors (Lipinski definition) is 2. The molecule has 13 heavy (non-hydrogen) atoms. The third-order valence-electron chi connectivity index (χ3n) is 2.92. The number of benzene rings is 1. The van der Waals surface area contributed by atoms with Gasteiger partial charge in [-0.25, -0.2) is 0 Å². The average Bonchev–Trinajstić information content (AvgIpc) is 2.45. The molecule has 3 N–H and O–H groups in total. The Bertz CT molecular complexity index is 335. The molecule has 1 aliphatic carbocycles. The van der Waals surface area contributed by atoms with E-state index in [0.717, 1.165) is 18.4 Å². The van der Waals surface area contributed by atoms with Crippen molar-refractivity contribution >= 4 is 0 Å². The zero-order valence-electron chi connectivity index (χ0n) is 7.88. The number of aliphatic hydroxyl groups is 1. The van der Waals surface area contributed by atoms with Gasteiger partial charge < -0.3 is 10.8 Å². The Balaban J connectivity index is 2.49. The van der Waals surface area contributed by atoms with Crippen LogP contribution in [-0.2, 0) is 12.0 Å². The molecule has 1 unspecified atom stereocenters. The van der Waals surface area contributed by atoms with Gasteiger partial charge in [-0.1, -0.05) is 23.8 Å². The maximum absolute atomic E-state index is 9.22. The molecule has 2 heteroatoms. The third kappa shape index (κ3) is 1.26. The summed E-state index contributed by atoms with van der Waals surface area (Å²) in [6, 6.07) is 6.27. The first-order valence-electron chi connectivity index (χ1n) is 4.65. The summed E-state index contributed by atoms with van der Waals surface area (Å²) < 4.78 is 0. The van der Waals surface area contributed by atoms with E-state index in [1.807, 2.05) is 6.07 Å². The molecule has 0 radical (unpaired) electrons. The van der Waals surface area contributed by atoms with E-state index >= 15 is 0 Å². The van der Waals surface area contributed by atoms with Crippen LogP contribution in [0.3, 0.4) is 0 Å². The van der Waals surface area contributed by atoms with Crippen molar-refractivity contribution in [1.82, 2.24) is 0 Å². The lowest BCUT2D eigenvalue weighted by atomic mass is 9.93. The minimum atomic E-state index is -0.483. The van der Waals surface area contributed by atoms with E-state index in [0.29, 0.717) is 0 Å². The summed E-state index contributed by atoms with van der Waals surface area (Å²) >= 11 is 0. The van der Waals surface area contributed by atoms with Gasteiger partial charge in [0.2, 0.25) is 0 Å². The predicted octanol–water partition coefficient (Wildman–Crippen LogP) is 1.09. The lowest BCUT2D eigenvalue weighted by molar-refractivity contribution is 0.197. The number of aryl methyl sites for hydroxylation is 2. The van der Waals surface area contributed by atoms with Crippen molar-refractivity contribution in [2.45, 2.75) is 25.3 Å². The second-order valence-electron chi connectivity index (χ2n) is 3.97. The molecular weight excluding hydrogens is 162 g/mol. The van der Waals surface area contributed by atoms with Crippen molar-refractivity contribution in [3.8, 4) is 0 Å². The maximum atomic E-state index is 9.22. The molecule has 2 rings (SSSR count). The van der Waals surface area contributed by atoms with Gasteiger partial charge in [0.1, 0.15) is 0 Å². The molecule has 1 aliphatic rings. The van der Waals surface area contributed by atoms with Crippen molar-refractivity contribution in [1.29, 1.82) is 0 Å². The molecule has 0 spiro atoms. The van der Waals surface area contributed by atoms with Crippen molar-refractivity contribution in [2.75, 3.05) is 6.61 Å². The molecule has 0 amide bonds. The SMILES string of the molecule is Cc1ccc2c(c1)CCC2(N)CO. The normalized spacial score (nSPS) is 26.1. The van der Waals surface area contributed by atoms with Gasteiger partial charge >= 0.3 is 0 Å². The highest BCUT2D eigenvalue weighted by molar-refractivity contribution is 5.40. The van der Waals surface area contributed by atoms with Crippen LogP contribution in [0.15, 0.2) is 18.2 Å². The summed E-state index contributed by atoms with van der Waals surface area (Å²) in [5, 5.41) is 9.22. The first kappa shape index (κ1) is 8.73. The van der Waals surface area contributed by atoms with Gasteiger partial charge in [-0.15, -0.1) is 0 Å². The topological polar surface area (TPSA) is 46.2 Å². The van der Waals surface area contributed by atoms with Crippen LogP contribution >= 0.6 is 0 Å². The van der Waals surface area contributed by atoms with E-state index in [1.165, 1.54) is 11.1 Å². The smallest absolute Gasteiger partial charge is 0.0653 e. The van der Waals surface area contributed by atoms with Crippen molar-refractivity contribution in [3.63, 3.8) is 0 Å². The molecule has 0 bridgehead atoms. The van der Waals surface area contributed by atoms with E-state index in [-0.39, 0.29) is 6.61 Å². The lowest BCUT2D eigenvalue weighted by Crippen LogP contribution is -2.37. The van der Waals surface area contributed by atoms with E-state index in [1.54, 1.807) is 0 Å². The average molecular weight is 177 g/mol. The van der Waals surface area contributed by atoms with E-state index in [4.69, 9.17) is 5.73 Å². The number of fused-ring (bicyclic) bond motifs is 1. The first-order chi connectivity index (χ1) is 6.15. The fourth-order valence-corrected chi connectivity index (χ4v) is 2.07. The third-order valence-corrected chi connectivity index (χ3v) is 2.92. The monoisotopic (exact) mass is 177 g/mol. The number of aliphatic hydroxyl groups excluding tert-OH is 1. The zero-order chi connectivity index (χ0) is 9.47. The van der Waals surface area contributed by atoms with Gasteiger partial charge in [0, 0.05) is 0 Å². The maximum Gasteiger partial charge on any atom is 0.0653 e. The van der Waals surface area contributed by atoms with E-state index in [2.05, 4.69) is 19.1 Å². The summed E-state index contributed by atoms with van der Waals surface area (Å²) in [6.45, 7) is 2.12. The van der Waals surface area contributed by atoms with Crippen molar-refractivity contribution in [3.05, 3.63) is 34.9 Å². The van der Waals surface area contributed by atoms with Gasteiger partial charge in [-0.05, 0) is 30.9 Å². The highest BCUT2D eigenvalue weighted by Gasteiger charge is 2.33. The molecule has 0 fully saturated rings. The Hall–Kier alpha value is -0.860. The minimum absolute atomic E-state index is 0.0447. The van der Waals surface area contributed by atoms with Crippen LogP contribution < -0.4 is 5.73 Å². The summed E-state index contributed by atoms with van der Waals surface area (Å²) in [5.74, 6) is 0. The van der Waals surface area contributed by atoms with E-state index < -0.39 is 5.54 Å². The van der Waals surface area contributed by atoms with Gasteiger partial charge in [0.25, 0.3) is 0 Å². The Kier molecular flexibility index (Phi) is 1.90. The molecule has 0 saturated carbocycles. The molecule has 2 nitrogen and oxygen atoms in total. The van der Waals surface area contributed by atoms with Gasteiger partial charge in [0.15, 0.2) is 0 Å². The van der Waals surface area contributed by atoms with Crippen LogP contribution in [-0.4, -0.2) is 11.7 Å². The standard InChI is InChI=1S/C11H15NO/c1-8-2-3-10-9(6-8)4-5-11(10,12)7-13/h2-3,6,13H,4-5,7,12H2,1H3. The Labute approximate surface area is 78.4 Å². The van der Waals surface area contributed by atoms with Gasteiger partial charge in [0.05, 0.1) is 12.1 Å². The van der Waals surface area contributed by atoms with Crippen molar-refractivity contribution in [2.24, 2.45) is 5.73 Å². The van der Waals surface area contributed by atoms with Gasteiger partial charge in [-0.2, -0.15) is 0 Å². The van der Waals surface area contributed by atoms with Crippen LogP contribution in [0.5, 0.6) is 0 Å². The Morgan fingerprint density at radius 2 is 2.31 bits per heavy atom. The highest BCUT2D eigenvalue weighted by atomic mass is 16.3. The number of hydrogen-bond acceptors (Lipinski definition) is 2. The summed E-state index contributed by atoms with van der Waals surface area (Å²) in [7, 11) is 0. The second kappa shape index (κ2) is 2.82. The molecule has 70 valence electrons. The van der Waals surface area contributed by atoms with Crippen LogP contribution in [0.2, 0.25) is 0 Å². The predicted molar refractivity (Wildman–Crippen MR) is 52.5 cm³/mol. The molecule has 1 atom stereocenters. The van der Waals surface area contributed by atoms with Crippen LogP contribution in [0.1, 0.15) is 23.1 Å². The quantitative estimate of drug-likeness (QED) is 0.674. The first-order valence-corrected chi connectivity index (χ1v) is 4.65. The second-order valence-corrected chi connectivity index (χ2v) is 3.97. The summed E-state index contributed by atoms with van der Waals surface area (Å²) in [6.07, 6.45) is 1.86. The van der Waals surface area contributed by atoms with Gasteiger partial charge in [-0.3, -0.25) is 0 Å². The molecule has 0 saturated heterocycles. The zero-order valence-corrected chi connectivity index (χ0v) is 7.88. The highest BCUT2D eigenvalue weighted by Crippen LogP contribution is 2.34. The van der Waals surface area contributed by atoms with E-state index in [9.17, 15) is 5.11 Å². The molecule has 0 heterocycles. The lowest BCUT2D eigenvalue weighted by Gasteiger charge is -2.22. The van der Waals surface area contributed by atoms with Crippen molar-refractivity contribution < 1.29 is 5.11 Å². The van der Waals surface area contributed by atoms with Crippen LogP contribution in [0.25, 0.3) is 0 Å². The minimum Gasteiger partial charge on any atom is -0.394 e. The van der Waals surface area contributed by atoms with Crippen LogP contribution in [0, 0.1) is 6.92 Å². The molecule has 1 aromatic rings. The summed E-state index contributed by atoms with van der Waals surface area (Å²) in [4.78, 5) is 0. The molecule has 0 aliphatic heterocycles. The molecule has 1 aromatic carbocycles. The number of rotatable bonds is 1. The fraction of sp³-hybridized carbons (Fsp3) is 0.455. The summed E-state index contributed by atoms with van der Waals surface area (Å²) in [5.41, 5.74) is 9.28. The molecule has 0 aromatic heterocycles. The largest absolute Gasteiger partial charge is 0.394 e.